The number of ether oxygens (including phenoxy) is 2. The lowest BCUT2D eigenvalue weighted by atomic mass is 10.2. The van der Waals surface area contributed by atoms with Gasteiger partial charge in [0.25, 0.3) is 5.91 Å². The average Bonchev–Trinajstić information content (AvgIpc) is 3.31. The molecule has 10 heteroatoms. The van der Waals surface area contributed by atoms with Crippen LogP contribution in [0.3, 0.4) is 0 Å². The van der Waals surface area contributed by atoms with Gasteiger partial charge in [-0.1, -0.05) is 24.6 Å². The second kappa shape index (κ2) is 10.8. The van der Waals surface area contributed by atoms with Crippen molar-refractivity contribution < 1.29 is 32.0 Å². The molecular weight excluding hydrogens is 448 g/mol. The molecule has 1 aliphatic heterocycles. The van der Waals surface area contributed by atoms with Gasteiger partial charge in [-0.3, -0.25) is 4.79 Å². The van der Waals surface area contributed by atoms with Gasteiger partial charge in [0.05, 0.1) is 28.3 Å². The highest BCUT2D eigenvalue weighted by Crippen LogP contribution is 2.20. The van der Waals surface area contributed by atoms with Gasteiger partial charge in [-0.2, -0.15) is 0 Å². The first-order chi connectivity index (χ1) is 15.7. The molecule has 1 aromatic heterocycles. The first kappa shape index (κ1) is 24.8. The van der Waals surface area contributed by atoms with Crippen LogP contribution in [0.15, 0.2) is 28.8 Å². The average molecular weight is 479 g/mol. The number of rotatable bonds is 10. The van der Waals surface area contributed by atoms with E-state index >= 15 is 0 Å². The summed E-state index contributed by atoms with van der Waals surface area (Å²) in [5.74, 6) is 0.140. The van der Waals surface area contributed by atoms with E-state index < -0.39 is 22.4 Å². The fraction of sp³-hybridized carbons (Fsp3) is 0.522. The lowest BCUT2D eigenvalue weighted by Gasteiger charge is -2.28. The van der Waals surface area contributed by atoms with Gasteiger partial charge < -0.3 is 18.9 Å². The zero-order valence-electron chi connectivity index (χ0n) is 19.2. The summed E-state index contributed by atoms with van der Waals surface area (Å²) in [5.41, 5.74) is 1.83. The van der Waals surface area contributed by atoms with Gasteiger partial charge in [-0.15, -0.1) is 0 Å². The van der Waals surface area contributed by atoms with Crippen molar-refractivity contribution in [2.45, 2.75) is 52.7 Å². The maximum atomic E-state index is 12.8. The Morgan fingerprint density at radius 3 is 2.70 bits per heavy atom. The molecule has 1 aliphatic rings. The fourth-order valence-corrected chi connectivity index (χ4v) is 5.46. The number of benzene rings is 1. The maximum Gasteiger partial charge on any atom is 0.338 e. The first-order valence-electron chi connectivity index (χ1n) is 11.0. The SMILES string of the molecule is CCCCN(C(=O)COC(=O)c1cccc(OCc2c(C)noc2C)c1)C1CCS(=O)(=O)C1. The molecule has 33 heavy (non-hydrogen) atoms. The van der Waals surface area contributed by atoms with Crippen LogP contribution in [0.5, 0.6) is 5.75 Å². The van der Waals surface area contributed by atoms with Gasteiger partial charge >= 0.3 is 5.97 Å². The number of nitrogens with zero attached hydrogens (tertiary/aromatic N) is 2. The largest absolute Gasteiger partial charge is 0.489 e. The van der Waals surface area contributed by atoms with Crippen molar-refractivity contribution in [3.05, 3.63) is 46.8 Å². The van der Waals surface area contributed by atoms with Gasteiger partial charge in [-0.05, 0) is 44.9 Å². The van der Waals surface area contributed by atoms with Gasteiger partial charge in [-0.25, -0.2) is 13.2 Å². The molecule has 2 heterocycles. The molecule has 1 atom stereocenters. The molecule has 0 aliphatic carbocycles. The molecule has 3 rings (SSSR count). The van der Waals surface area contributed by atoms with E-state index in [2.05, 4.69) is 5.16 Å². The summed E-state index contributed by atoms with van der Waals surface area (Å²) in [6.45, 7) is 5.87. The number of amides is 1. The highest BCUT2D eigenvalue weighted by molar-refractivity contribution is 7.91. The molecule has 2 aromatic rings. The van der Waals surface area contributed by atoms with Crippen LogP contribution in [-0.2, 0) is 26.0 Å². The van der Waals surface area contributed by atoms with Crippen molar-refractivity contribution in [2.24, 2.45) is 0 Å². The van der Waals surface area contributed by atoms with E-state index in [1.165, 1.54) is 0 Å². The normalized spacial score (nSPS) is 17.0. The van der Waals surface area contributed by atoms with Crippen LogP contribution in [-0.4, -0.2) is 61.1 Å². The van der Waals surface area contributed by atoms with Gasteiger partial charge in [0.1, 0.15) is 18.1 Å². The Hall–Kier alpha value is -2.88. The molecular formula is C23H30N2O7S. The molecule has 9 nitrogen and oxygen atoms in total. The number of aryl methyl sites for hydroxylation is 2. The molecule has 0 bridgehead atoms. The topological polar surface area (TPSA) is 116 Å². The van der Waals surface area contributed by atoms with Crippen molar-refractivity contribution in [3.8, 4) is 5.75 Å². The summed E-state index contributed by atoms with van der Waals surface area (Å²) >= 11 is 0. The number of sulfone groups is 1. The second-order valence-corrected chi connectivity index (χ2v) is 10.4. The van der Waals surface area contributed by atoms with E-state index in [1.807, 2.05) is 13.8 Å². The standard InChI is InChI=1S/C23H30N2O7S/c1-4-5-10-25(19-9-11-33(28,29)15-19)22(26)14-31-23(27)18-7-6-8-20(12-18)30-13-21-16(2)24-32-17(21)3/h6-8,12,19H,4-5,9-11,13-15H2,1-3H3. The molecule has 1 unspecified atom stereocenters. The molecule has 0 spiro atoms. The van der Waals surface area contributed by atoms with E-state index in [0.29, 0.717) is 24.5 Å². The van der Waals surface area contributed by atoms with Crippen LogP contribution >= 0.6 is 0 Å². The van der Waals surface area contributed by atoms with Crippen molar-refractivity contribution in [1.82, 2.24) is 10.1 Å². The molecule has 1 aromatic carbocycles. The Labute approximate surface area is 193 Å². The van der Waals surface area contributed by atoms with Crippen molar-refractivity contribution in [3.63, 3.8) is 0 Å². The van der Waals surface area contributed by atoms with E-state index in [4.69, 9.17) is 14.0 Å². The molecule has 0 radical (unpaired) electrons. The second-order valence-electron chi connectivity index (χ2n) is 8.19. The number of aromatic nitrogens is 1. The Bertz CT molecular complexity index is 1070. The van der Waals surface area contributed by atoms with Crippen LogP contribution < -0.4 is 4.74 Å². The highest BCUT2D eigenvalue weighted by atomic mass is 32.2. The van der Waals surface area contributed by atoms with E-state index in [1.54, 1.807) is 36.1 Å². The van der Waals surface area contributed by atoms with Crippen molar-refractivity contribution in [2.75, 3.05) is 24.7 Å². The van der Waals surface area contributed by atoms with Crippen LogP contribution in [0.2, 0.25) is 0 Å². The maximum absolute atomic E-state index is 12.8. The Balaban J connectivity index is 1.58. The smallest absolute Gasteiger partial charge is 0.338 e. The zero-order valence-corrected chi connectivity index (χ0v) is 20.0. The summed E-state index contributed by atoms with van der Waals surface area (Å²) in [5, 5.41) is 3.89. The first-order valence-corrected chi connectivity index (χ1v) is 12.8. The number of hydrogen-bond donors (Lipinski definition) is 0. The molecule has 1 amide bonds. The third-order valence-corrected chi connectivity index (χ3v) is 7.43. The Morgan fingerprint density at radius 2 is 2.06 bits per heavy atom. The van der Waals surface area contributed by atoms with Gasteiger partial charge in [0.15, 0.2) is 16.4 Å². The minimum Gasteiger partial charge on any atom is -0.489 e. The lowest BCUT2D eigenvalue weighted by Crippen LogP contribution is -2.43. The lowest BCUT2D eigenvalue weighted by molar-refractivity contribution is -0.136. The van der Waals surface area contributed by atoms with Crippen molar-refractivity contribution >= 4 is 21.7 Å². The third kappa shape index (κ3) is 6.56. The number of carbonyl (C=O) groups excluding carboxylic acids is 2. The summed E-state index contributed by atoms with van der Waals surface area (Å²) in [6.07, 6.45) is 2.03. The minimum atomic E-state index is -3.13. The van der Waals surface area contributed by atoms with Gasteiger partial charge in [0, 0.05) is 12.6 Å². The van der Waals surface area contributed by atoms with Gasteiger partial charge in [0.2, 0.25) is 0 Å². The summed E-state index contributed by atoms with van der Waals surface area (Å²) in [4.78, 5) is 26.8. The molecule has 0 saturated carbocycles. The number of carbonyl (C=O) groups is 2. The number of esters is 1. The quantitative estimate of drug-likeness (QED) is 0.479. The Morgan fingerprint density at radius 1 is 1.27 bits per heavy atom. The van der Waals surface area contributed by atoms with Crippen LogP contribution in [0.4, 0.5) is 0 Å². The molecule has 0 N–H and O–H groups in total. The van der Waals surface area contributed by atoms with E-state index in [9.17, 15) is 18.0 Å². The predicted octanol–water partition coefficient (Wildman–Crippen LogP) is 2.84. The highest BCUT2D eigenvalue weighted by Gasteiger charge is 2.34. The summed E-state index contributed by atoms with van der Waals surface area (Å²) in [7, 11) is -3.13. The molecule has 1 fully saturated rings. The monoisotopic (exact) mass is 478 g/mol. The van der Waals surface area contributed by atoms with Crippen LogP contribution in [0, 0.1) is 13.8 Å². The zero-order chi connectivity index (χ0) is 24.0. The number of hydrogen-bond acceptors (Lipinski definition) is 8. The van der Waals surface area contributed by atoms with Crippen LogP contribution in [0.1, 0.15) is 53.6 Å². The third-order valence-electron chi connectivity index (χ3n) is 5.68. The molecule has 1 saturated heterocycles. The Kier molecular flexibility index (Phi) is 8.12. The van der Waals surface area contributed by atoms with Crippen LogP contribution in [0.25, 0.3) is 0 Å². The summed E-state index contributed by atoms with van der Waals surface area (Å²) < 4.78 is 39.8. The van der Waals surface area contributed by atoms with Crippen molar-refractivity contribution in [1.29, 1.82) is 0 Å². The summed E-state index contributed by atoms with van der Waals surface area (Å²) in [6, 6.07) is 6.14. The minimum absolute atomic E-state index is 0.0408. The van der Waals surface area contributed by atoms with E-state index in [0.717, 1.165) is 24.1 Å². The molecule has 180 valence electrons. The number of unbranched alkanes of at least 4 members (excludes halogenated alkanes) is 1. The van der Waals surface area contributed by atoms with E-state index in [-0.39, 0.29) is 35.6 Å². The predicted molar refractivity (Wildman–Crippen MR) is 121 cm³/mol. The fourth-order valence-electron chi connectivity index (χ4n) is 3.73.